The zero-order valence-corrected chi connectivity index (χ0v) is 13.1. The Bertz CT molecular complexity index is 736. The highest BCUT2D eigenvalue weighted by molar-refractivity contribution is 9.11. The van der Waals surface area contributed by atoms with Gasteiger partial charge in [-0.25, -0.2) is 0 Å². The van der Waals surface area contributed by atoms with E-state index in [1.54, 1.807) is 0 Å². The molecule has 1 unspecified atom stereocenters. The normalized spacial score (nSPS) is 12.8. The van der Waals surface area contributed by atoms with E-state index in [4.69, 9.17) is 10.2 Å². The number of fused-ring (bicyclic) bond motifs is 1. The van der Waals surface area contributed by atoms with Gasteiger partial charge in [0.2, 0.25) is 0 Å². The van der Waals surface area contributed by atoms with Gasteiger partial charge in [0.25, 0.3) is 0 Å². The van der Waals surface area contributed by atoms with Gasteiger partial charge in [-0.1, -0.05) is 40.2 Å². The van der Waals surface area contributed by atoms with Crippen LogP contribution in [0.2, 0.25) is 0 Å². The molecule has 0 aliphatic carbocycles. The van der Waals surface area contributed by atoms with Crippen LogP contribution in [0.3, 0.4) is 0 Å². The summed E-state index contributed by atoms with van der Waals surface area (Å²) in [6, 6.07) is 15.6. The number of benzene rings is 2. The predicted octanol–water partition coefficient (Wildman–Crippen LogP) is 5.01. The Hall–Kier alpha value is -1.10. The predicted molar refractivity (Wildman–Crippen MR) is 84.1 cm³/mol. The largest absolute Gasteiger partial charge is 0.458 e. The number of hydrogen-bond donors (Lipinski definition) is 1. The molecule has 1 atom stereocenters. The Kier molecular flexibility index (Phi) is 3.48. The van der Waals surface area contributed by atoms with E-state index in [2.05, 4.69) is 31.9 Å². The molecule has 3 rings (SSSR count). The zero-order valence-electron chi connectivity index (χ0n) is 9.94. The molecule has 1 aromatic heterocycles. The fraction of sp³-hybridized carbons (Fsp3) is 0.0667. The van der Waals surface area contributed by atoms with Gasteiger partial charge in [0, 0.05) is 9.86 Å². The van der Waals surface area contributed by atoms with Gasteiger partial charge in [0.15, 0.2) is 0 Å². The summed E-state index contributed by atoms with van der Waals surface area (Å²) < 4.78 is 7.82. The van der Waals surface area contributed by atoms with Crippen molar-refractivity contribution >= 4 is 42.8 Å². The Balaban J connectivity index is 2.06. The molecular weight excluding hydrogens is 370 g/mol. The molecule has 1 heterocycles. The number of halogens is 2. The first kappa shape index (κ1) is 12.9. The minimum absolute atomic E-state index is 0.267. The lowest BCUT2D eigenvalue weighted by Gasteiger charge is -2.09. The number of furan rings is 1. The van der Waals surface area contributed by atoms with Gasteiger partial charge in [-0.05, 0) is 45.8 Å². The van der Waals surface area contributed by atoms with Crippen LogP contribution >= 0.6 is 31.9 Å². The summed E-state index contributed by atoms with van der Waals surface area (Å²) in [5.74, 6) is 0.764. The van der Waals surface area contributed by atoms with E-state index < -0.39 is 0 Å². The van der Waals surface area contributed by atoms with Crippen LogP contribution in [-0.2, 0) is 0 Å². The van der Waals surface area contributed by atoms with E-state index in [9.17, 15) is 0 Å². The summed E-state index contributed by atoms with van der Waals surface area (Å²) in [6.45, 7) is 0. The molecule has 0 saturated heterocycles. The maximum Gasteiger partial charge on any atom is 0.148 e. The first-order chi connectivity index (χ1) is 9.15. The molecule has 4 heteroatoms. The quantitative estimate of drug-likeness (QED) is 0.678. The summed E-state index contributed by atoms with van der Waals surface area (Å²) in [5.41, 5.74) is 8.12. The van der Waals surface area contributed by atoms with Gasteiger partial charge < -0.3 is 10.2 Å². The van der Waals surface area contributed by atoms with Gasteiger partial charge in [0.05, 0.1) is 10.5 Å². The molecule has 0 radical (unpaired) electrons. The highest BCUT2D eigenvalue weighted by Crippen LogP contribution is 2.31. The summed E-state index contributed by atoms with van der Waals surface area (Å²) in [5, 5.41) is 1.05. The molecule has 0 aliphatic rings. The standard InChI is InChI=1S/C15H11Br2NO/c16-11-5-1-3-9(7-11)14(18)13-8-10-4-2-6-12(17)15(10)19-13/h1-8,14H,18H2. The van der Waals surface area contributed by atoms with Crippen LogP contribution in [0.15, 0.2) is 61.9 Å². The summed E-state index contributed by atoms with van der Waals surface area (Å²) in [4.78, 5) is 0. The van der Waals surface area contributed by atoms with Crippen molar-refractivity contribution in [1.29, 1.82) is 0 Å². The molecule has 2 nitrogen and oxygen atoms in total. The van der Waals surface area contributed by atoms with Crippen molar-refractivity contribution in [1.82, 2.24) is 0 Å². The van der Waals surface area contributed by atoms with E-state index in [0.29, 0.717) is 0 Å². The first-order valence-electron chi connectivity index (χ1n) is 5.84. The molecule has 19 heavy (non-hydrogen) atoms. The topological polar surface area (TPSA) is 39.2 Å². The van der Waals surface area contributed by atoms with Crippen molar-refractivity contribution in [2.24, 2.45) is 5.73 Å². The Labute approximate surface area is 127 Å². The maximum atomic E-state index is 6.27. The highest BCUT2D eigenvalue weighted by atomic mass is 79.9. The Morgan fingerprint density at radius 2 is 1.79 bits per heavy atom. The van der Waals surface area contributed by atoms with Crippen molar-refractivity contribution in [3.8, 4) is 0 Å². The van der Waals surface area contributed by atoms with Gasteiger partial charge in [-0.15, -0.1) is 0 Å². The second-order valence-electron chi connectivity index (χ2n) is 4.34. The van der Waals surface area contributed by atoms with Gasteiger partial charge in [-0.2, -0.15) is 0 Å². The first-order valence-corrected chi connectivity index (χ1v) is 7.43. The third-order valence-corrected chi connectivity index (χ3v) is 4.15. The van der Waals surface area contributed by atoms with Crippen molar-refractivity contribution in [3.05, 3.63) is 68.8 Å². The zero-order chi connectivity index (χ0) is 13.4. The van der Waals surface area contributed by atoms with E-state index in [0.717, 1.165) is 31.2 Å². The van der Waals surface area contributed by atoms with E-state index >= 15 is 0 Å². The molecule has 2 aromatic carbocycles. The summed E-state index contributed by atoms with van der Waals surface area (Å²) in [7, 11) is 0. The van der Waals surface area contributed by atoms with Gasteiger partial charge in [0.1, 0.15) is 11.3 Å². The van der Waals surface area contributed by atoms with Crippen LogP contribution in [-0.4, -0.2) is 0 Å². The van der Waals surface area contributed by atoms with E-state index in [1.165, 1.54) is 0 Å². The summed E-state index contributed by atoms with van der Waals surface area (Å²) in [6.07, 6.45) is 0. The van der Waals surface area contributed by atoms with Crippen molar-refractivity contribution < 1.29 is 4.42 Å². The molecule has 0 fully saturated rings. The number of hydrogen-bond acceptors (Lipinski definition) is 2. The summed E-state index contributed by atoms with van der Waals surface area (Å²) >= 11 is 6.94. The van der Waals surface area contributed by atoms with Crippen molar-refractivity contribution in [2.75, 3.05) is 0 Å². The minimum Gasteiger partial charge on any atom is -0.458 e. The van der Waals surface area contributed by atoms with Crippen LogP contribution in [0.4, 0.5) is 0 Å². The number of para-hydroxylation sites is 1. The molecule has 0 bridgehead atoms. The Morgan fingerprint density at radius 1 is 1.00 bits per heavy atom. The fourth-order valence-electron chi connectivity index (χ4n) is 2.07. The van der Waals surface area contributed by atoms with E-state index in [-0.39, 0.29) is 6.04 Å². The molecule has 3 aromatic rings. The lowest BCUT2D eigenvalue weighted by atomic mass is 10.1. The molecule has 2 N–H and O–H groups in total. The van der Waals surface area contributed by atoms with Crippen LogP contribution in [0, 0.1) is 0 Å². The van der Waals surface area contributed by atoms with Crippen molar-refractivity contribution in [3.63, 3.8) is 0 Å². The second kappa shape index (κ2) is 5.12. The van der Waals surface area contributed by atoms with Crippen LogP contribution in [0.1, 0.15) is 17.4 Å². The average Bonchev–Trinajstić information content (AvgIpc) is 2.83. The monoisotopic (exact) mass is 379 g/mol. The fourth-order valence-corrected chi connectivity index (χ4v) is 2.94. The molecule has 96 valence electrons. The Morgan fingerprint density at radius 3 is 2.53 bits per heavy atom. The maximum absolute atomic E-state index is 6.27. The lowest BCUT2D eigenvalue weighted by Crippen LogP contribution is -2.10. The smallest absolute Gasteiger partial charge is 0.148 e. The minimum atomic E-state index is -0.267. The van der Waals surface area contributed by atoms with Gasteiger partial charge >= 0.3 is 0 Å². The third-order valence-electron chi connectivity index (χ3n) is 3.03. The van der Waals surface area contributed by atoms with Crippen LogP contribution in [0.25, 0.3) is 11.0 Å². The molecular formula is C15H11Br2NO. The number of rotatable bonds is 2. The molecule has 0 spiro atoms. The molecule has 0 amide bonds. The van der Waals surface area contributed by atoms with E-state index in [1.807, 2.05) is 48.5 Å². The van der Waals surface area contributed by atoms with Gasteiger partial charge in [-0.3, -0.25) is 0 Å². The van der Waals surface area contributed by atoms with Crippen LogP contribution in [0.5, 0.6) is 0 Å². The average molecular weight is 381 g/mol. The second-order valence-corrected chi connectivity index (χ2v) is 6.11. The SMILES string of the molecule is NC(c1cccc(Br)c1)c1cc2cccc(Br)c2o1. The highest BCUT2D eigenvalue weighted by Gasteiger charge is 2.15. The molecule has 0 aliphatic heterocycles. The number of nitrogens with two attached hydrogens (primary N) is 1. The third kappa shape index (κ3) is 2.48. The molecule has 0 saturated carbocycles. The lowest BCUT2D eigenvalue weighted by molar-refractivity contribution is 0.524. The van der Waals surface area contributed by atoms with Crippen LogP contribution < -0.4 is 5.73 Å². The van der Waals surface area contributed by atoms with Crippen molar-refractivity contribution in [2.45, 2.75) is 6.04 Å².